The highest BCUT2D eigenvalue weighted by Crippen LogP contribution is 2.61. The van der Waals surface area contributed by atoms with Gasteiger partial charge in [-0.15, -0.1) is 11.8 Å². The minimum absolute atomic E-state index is 0.0148. The number of imidazole rings is 1. The van der Waals surface area contributed by atoms with E-state index in [-0.39, 0.29) is 78.8 Å². The standard InChI is InChI=1S/C42H65N8O22P3S2/c1-42(2,23-69-75(66,67)72-74(64,65)68-21-28-35(71-73(61,62)63)34(56)40(70-28)50-25-49-33-37(44)47-24-48-38(33)50)36(57)39(58)46-18-17-30(52)45-19-20-76-32(55)16-11-9-7-5-3-4-6-8-10-14-29(77-22-26(43)41(59)60)27(51)13-12-15-31(53)54/h3-4,6-10,14,24-29,34-36,40,51,56-57H,5,11-13,15-23,43H2,1-2H3,(H,45,52)(H,46,58)(H,53,54)(H,59,60)(H,64,65)(H,66,67)(H2,44,47,48)(H2,61,62,63)/b4-3+,8-6+,9-7+,14-10+. The maximum Gasteiger partial charge on any atom is 0.481 e. The van der Waals surface area contributed by atoms with Gasteiger partial charge in [0.2, 0.25) is 11.8 Å². The van der Waals surface area contributed by atoms with Gasteiger partial charge in [0.25, 0.3) is 0 Å². The number of amides is 2. The summed E-state index contributed by atoms with van der Waals surface area (Å²) in [6.07, 6.45) is 7.95. The van der Waals surface area contributed by atoms with Crippen molar-refractivity contribution in [3.63, 3.8) is 0 Å². The van der Waals surface area contributed by atoms with Gasteiger partial charge in [-0.25, -0.2) is 28.6 Å². The molecule has 15 N–H and O–H groups in total. The Balaban J connectivity index is 1.32. The van der Waals surface area contributed by atoms with Crippen LogP contribution in [-0.4, -0.2) is 173 Å². The second-order valence-corrected chi connectivity index (χ2v) is 23.9. The van der Waals surface area contributed by atoms with Crippen molar-refractivity contribution in [1.29, 1.82) is 0 Å². The second kappa shape index (κ2) is 32.1. The number of rotatable bonds is 36. The Hall–Kier alpha value is -4.27. The molecule has 2 aromatic heterocycles. The molecule has 1 aliphatic heterocycles. The molecule has 3 heterocycles. The van der Waals surface area contributed by atoms with Crippen LogP contribution in [0.1, 0.15) is 65.0 Å². The average Bonchev–Trinajstić information content (AvgIpc) is 3.90. The Morgan fingerprint density at radius 3 is 2.31 bits per heavy atom. The number of thioether (sulfide) groups is 2. The van der Waals surface area contributed by atoms with Crippen molar-refractivity contribution in [1.82, 2.24) is 30.2 Å². The summed E-state index contributed by atoms with van der Waals surface area (Å²) < 4.78 is 62.4. The molecule has 10 unspecified atom stereocenters. The van der Waals surface area contributed by atoms with Gasteiger partial charge in [-0.1, -0.05) is 74.2 Å². The number of nitrogens with zero attached hydrogens (tertiary/aromatic N) is 4. The number of hydrogen-bond donors (Lipinski definition) is 13. The third-order valence-electron chi connectivity index (χ3n) is 10.5. The monoisotopic (exact) mass is 1190 g/mol. The number of hydrogen-bond acceptors (Lipinski definition) is 23. The predicted molar refractivity (Wildman–Crippen MR) is 277 cm³/mol. The number of aliphatic hydroxyl groups excluding tert-OH is 3. The van der Waals surface area contributed by atoms with Crippen molar-refractivity contribution < 1.29 is 105 Å². The van der Waals surface area contributed by atoms with Crippen molar-refractivity contribution in [3.05, 3.63) is 61.3 Å². The molecule has 3 rings (SSSR count). The van der Waals surface area contributed by atoms with Gasteiger partial charge in [0, 0.05) is 54.5 Å². The number of aliphatic carboxylic acids is 2. The molecule has 0 saturated carbocycles. The lowest BCUT2D eigenvalue weighted by atomic mass is 9.87. The number of allylic oxidation sites excluding steroid dienone is 7. The summed E-state index contributed by atoms with van der Waals surface area (Å²) in [5.74, 6) is -3.36. The molecule has 1 fully saturated rings. The van der Waals surface area contributed by atoms with Crippen molar-refractivity contribution in [2.45, 2.75) is 107 Å². The first kappa shape index (κ1) is 67.0. The van der Waals surface area contributed by atoms with E-state index in [0.29, 0.717) is 12.8 Å². The average molecular weight is 1190 g/mol. The number of carbonyl (C=O) groups is 5. The number of carbonyl (C=O) groups excluding carboxylic acids is 3. The van der Waals surface area contributed by atoms with Crippen molar-refractivity contribution in [2.75, 3.05) is 43.5 Å². The molecular formula is C42H65N8O22P3S2. The third-order valence-corrected chi connectivity index (χ3v) is 16.0. The number of nitrogens with two attached hydrogens (primary N) is 2. The van der Waals surface area contributed by atoms with Crippen LogP contribution in [0, 0.1) is 5.41 Å². The first-order chi connectivity index (χ1) is 36.0. The lowest BCUT2D eigenvalue weighted by Crippen LogP contribution is -2.46. The van der Waals surface area contributed by atoms with E-state index in [9.17, 15) is 72.6 Å². The van der Waals surface area contributed by atoms with E-state index in [0.717, 1.165) is 29.0 Å². The summed E-state index contributed by atoms with van der Waals surface area (Å²) >= 11 is 2.19. The van der Waals surface area contributed by atoms with E-state index in [2.05, 4.69) is 34.4 Å². The largest absolute Gasteiger partial charge is 0.481 e. The number of phosphoric ester groups is 3. The SMILES string of the molecule is CC(C)(COP(=O)(O)OP(=O)(O)OCC1OC(n2cnc3c(N)ncnc32)C(O)C1OP(=O)(O)O)C(O)C(=O)NCCC(=O)NCCSC(=O)CC/C=C/C/C=C/C=C/C=C/C(SCC(N)C(=O)O)C(O)CCCC(=O)O. The van der Waals surface area contributed by atoms with Crippen LogP contribution in [0.15, 0.2) is 61.3 Å². The van der Waals surface area contributed by atoms with Crippen LogP contribution in [0.4, 0.5) is 5.82 Å². The molecule has 0 aliphatic carbocycles. The van der Waals surface area contributed by atoms with Gasteiger partial charge in [-0.05, 0) is 25.7 Å². The summed E-state index contributed by atoms with van der Waals surface area (Å²) in [6, 6.07) is -1.11. The van der Waals surface area contributed by atoms with Gasteiger partial charge in [0.05, 0.1) is 25.6 Å². The molecule has 2 amide bonds. The molecule has 2 aromatic rings. The number of phosphoric acid groups is 3. The minimum Gasteiger partial charge on any atom is -0.481 e. The smallest absolute Gasteiger partial charge is 0.481 e. The van der Waals surface area contributed by atoms with Crippen molar-refractivity contribution in [3.8, 4) is 0 Å². The zero-order valence-corrected chi connectivity index (χ0v) is 45.8. The molecule has 0 aromatic carbocycles. The van der Waals surface area contributed by atoms with Gasteiger partial charge in [-0.2, -0.15) is 4.31 Å². The highest BCUT2D eigenvalue weighted by Gasteiger charge is 2.50. The van der Waals surface area contributed by atoms with Gasteiger partial charge in [-0.3, -0.25) is 42.1 Å². The summed E-state index contributed by atoms with van der Waals surface area (Å²) in [4.78, 5) is 110. The Morgan fingerprint density at radius 1 is 0.922 bits per heavy atom. The molecule has 30 nitrogen and oxygen atoms in total. The van der Waals surface area contributed by atoms with Crippen LogP contribution < -0.4 is 22.1 Å². The van der Waals surface area contributed by atoms with Crippen LogP contribution in [0.3, 0.4) is 0 Å². The molecule has 0 spiro atoms. The molecule has 77 heavy (non-hydrogen) atoms. The number of carboxylic acid groups (broad SMARTS) is 2. The number of aliphatic hydroxyl groups is 3. The van der Waals surface area contributed by atoms with Crippen LogP contribution in [-0.2, 0) is 60.3 Å². The number of fused-ring (bicyclic) bond motifs is 1. The van der Waals surface area contributed by atoms with Gasteiger partial charge >= 0.3 is 35.4 Å². The Labute approximate surface area is 449 Å². The zero-order chi connectivity index (χ0) is 57.6. The first-order valence-corrected chi connectivity index (χ1v) is 29.8. The maximum absolute atomic E-state index is 12.8. The van der Waals surface area contributed by atoms with Crippen LogP contribution >= 0.6 is 47.0 Å². The van der Waals surface area contributed by atoms with Gasteiger partial charge < -0.3 is 71.9 Å². The molecule has 0 bridgehead atoms. The molecule has 35 heteroatoms. The first-order valence-electron chi connectivity index (χ1n) is 23.2. The quantitative estimate of drug-likeness (QED) is 0.0197. The van der Waals surface area contributed by atoms with E-state index >= 15 is 0 Å². The van der Waals surface area contributed by atoms with Crippen molar-refractivity contribution >= 4 is 92.8 Å². The molecule has 0 radical (unpaired) electrons. The fraction of sp³-hybridized carbons (Fsp3) is 0.571. The number of ether oxygens (including phenoxy) is 1. The summed E-state index contributed by atoms with van der Waals surface area (Å²) in [6.45, 7) is 0.285. The van der Waals surface area contributed by atoms with Gasteiger partial charge in [0.1, 0.15) is 42.3 Å². The molecule has 432 valence electrons. The van der Waals surface area contributed by atoms with Gasteiger partial charge in [0.15, 0.2) is 22.8 Å². The number of aromatic nitrogens is 4. The highest BCUT2D eigenvalue weighted by molar-refractivity contribution is 8.13. The third kappa shape index (κ3) is 24.7. The zero-order valence-electron chi connectivity index (χ0n) is 41.5. The predicted octanol–water partition coefficient (Wildman–Crippen LogP) is 1.19. The number of carboxylic acids is 2. The summed E-state index contributed by atoms with van der Waals surface area (Å²) in [5, 5.41) is 54.3. The number of nitrogens with one attached hydrogen (secondary N) is 2. The highest BCUT2D eigenvalue weighted by atomic mass is 32.2. The maximum atomic E-state index is 12.8. The van der Waals surface area contributed by atoms with E-state index in [4.69, 9.17) is 35.5 Å². The van der Waals surface area contributed by atoms with Crippen LogP contribution in [0.25, 0.3) is 11.2 Å². The van der Waals surface area contributed by atoms with E-state index in [1.807, 2.05) is 18.2 Å². The Bertz CT molecular complexity index is 2570. The summed E-state index contributed by atoms with van der Waals surface area (Å²) in [7, 11) is -16.5. The second-order valence-electron chi connectivity index (χ2n) is 17.3. The van der Waals surface area contributed by atoms with Crippen LogP contribution in [0.5, 0.6) is 0 Å². The molecule has 1 saturated heterocycles. The topological polar surface area (TPSA) is 484 Å². The van der Waals surface area contributed by atoms with Crippen molar-refractivity contribution in [2.24, 2.45) is 11.1 Å². The Kier molecular flexibility index (Phi) is 27.9. The molecule has 10 atom stereocenters. The Morgan fingerprint density at radius 2 is 1.62 bits per heavy atom. The lowest BCUT2D eigenvalue weighted by Gasteiger charge is -2.30. The lowest BCUT2D eigenvalue weighted by molar-refractivity contribution is -0.138. The van der Waals surface area contributed by atoms with E-state index in [1.54, 1.807) is 30.4 Å². The van der Waals surface area contributed by atoms with E-state index < -0.39 is 114 Å². The number of anilines is 1. The normalized spacial score (nSPS) is 20.6. The molecular weight excluding hydrogens is 1130 g/mol. The van der Waals surface area contributed by atoms with E-state index in [1.165, 1.54) is 25.6 Å². The number of nitrogen functional groups attached to an aromatic ring is 1. The fourth-order valence-electron chi connectivity index (χ4n) is 6.53. The minimum atomic E-state index is -5.61. The fourth-order valence-corrected chi connectivity index (χ4v) is 11.2. The molecule has 1 aliphatic rings. The van der Waals surface area contributed by atoms with Crippen LogP contribution in [0.2, 0.25) is 0 Å². The summed E-state index contributed by atoms with van der Waals surface area (Å²) in [5.41, 5.74) is 9.78.